The molecule has 0 aliphatic carbocycles. The Labute approximate surface area is 102 Å². The first-order chi connectivity index (χ1) is 8.13. The summed E-state index contributed by atoms with van der Waals surface area (Å²) in [4.78, 5) is 19.1. The number of nitrogens with one attached hydrogen (secondary N) is 2. The van der Waals surface area contributed by atoms with E-state index in [2.05, 4.69) is 12.2 Å². The zero-order valence-corrected chi connectivity index (χ0v) is 10.4. The van der Waals surface area contributed by atoms with Gasteiger partial charge in [0, 0.05) is 0 Å². The van der Waals surface area contributed by atoms with E-state index >= 15 is 0 Å². The summed E-state index contributed by atoms with van der Waals surface area (Å²) < 4.78 is 0. The lowest BCUT2D eigenvalue weighted by Crippen LogP contribution is -2.37. The highest BCUT2D eigenvalue weighted by Gasteiger charge is 2.14. The highest BCUT2D eigenvalue weighted by molar-refractivity contribution is 5.73. The number of hydrogen-bond donors (Lipinski definition) is 4. The summed E-state index contributed by atoms with van der Waals surface area (Å²) >= 11 is 0. The highest BCUT2D eigenvalue weighted by Crippen LogP contribution is 2.01. The van der Waals surface area contributed by atoms with Crippen molar-refractivity contribution in [3.05, 3.63) is 0 Å². The Bertz CT molecular complexity index is 206. The minimum Gasteiger partial charge on any atom is -0.480 e. The lowest BCUT2D eigenvalue weighted by atomic mass is 10.1. The molecule has 1 atom stereocenters. The second-order valence-corrected chi connectivity index (χ2v) is 3.59. The number of isocyanates is 1. The molecule has 0 saturated carbocycles. The Kier molecular flexibility index (Phi) is 15.8. The van der Waals surface area contributed by atoms with Crippen molar-refractivity contribution < 1.29 is 14.7 Å². The van der Waals surface area contributed by atoms with Gasteiger partial charge < -0.3 is 16.2 Å². The molecule has 100 valence electrons. The zero-order chi connectivity index (χ0) is 13.5. The molecular formula is C11H23N3O3. The fourth-order valence-electron chi connectivity index (χ4n) is 1.26. The fraction of sp³-hybridized carbons (Fsp3) is 0.818. The Morgan fingerprint density at radius 1 is 1.47 bits per heavy atom. The van der Waals surface area contributed by atoms with E-state index in [1.165, 1.54) is 0 Å². The number of carboxylic acids is 1. The van der Waals surface area contributed by atoms with Gasteiger partial charge in [-0.05, 0) is 32.4 Å². The van der Waals surface area contributed by atoms with Gasteiger partial charge in [-0.1, -0.05) is 19.8 Å². The molecule has 0 aliphatic heterocycles. The van der Waals surface area contributed by atoms with Crippen molar-refractivity contribution in [2.75, 3.05) is 13.1 Å². The Hall–Kier alpha value is -1.23. The Morgan fingerprint density at radius 2 is 2.06 bits per heavy atom. The molecule has 0 amide bonds. The van der Waals surface area contributed by atoms with Crippen molar-refractivity contribution in [2.45, 2.75) is 45.1 Å². The van der Waals surface area contributed by atoms with Gasteiger partial charge >= 0.3 is 5.97 Å². The van der Waals surface area contributed by atoms with Crippen molar-refractivity contribution in [3.63, 3.8) is 0 Å². The summed E-state index contributed by atoms with van der Waals surface area (Å²) in [5.41, 5.74) is 5.34. The van der Waals surface area contributed by atoms with Crippen LogP contribution in [0.1, 0.15) is 39.0 Å². The lowest BCUT2D eigenvalue weighted by molar-refractivity contribution is -0.139. The molecule has 0 aromatic carbocycles. The third-order valence-electron chi connectivity index (χ3n) is 2.17. The van der Waals surface area contributed by atoms with Gasteiger partial charge in [-0.15, -0.1) is 0 Å². The van der Waals surface area contributed by atoms with Gasteiger partial charge in [-0.2, -0.15) is 0 Å². The molecule has 5 N–H and O–H groups in total. The van der Waals surface area contributed by atoms with E-state index in [4.69, 9.17) is 21.0 Å². The van der Waals surface area contributed by atoms with Crippen LogP contribution in [0.2, 0.25) is 0 Å². The largest absolute Gasteiger partial charge is 0.480 e. The summed E-state index contributed by atoms with van der Waals surface area (Å²) in [6.07, 6.45) is 5.32. The van der Waals surface area contributed by atoms with Crippen molar-refractivity contribution in [1.82, 2.24) is 5.32 Å². The summed E-state index contributed by atoms with van der Waals surface area (Å²) in [5.74, 6) is -0.752. The number of carbonyl (C=O) groups is 1. The van der Waals surface area contributed by atoms with E-state index in [0.29, 0.717) is 13.0 Å². The number of carboxylic acid groups (broad SMARTS) is 1. The van der Waals surface area contributed by atoms with Crippen LogP contribution in [0.3, 0.4) is 0 Å². The smallest absolute Gasteiger partial charge is 0.320 e. The first-order valence-electron chi connectivity index (χ1n) is 5.84. The normalized spacial score (nSPS) is 10.9. The third-order valence-corrected chi connectivity index (χ3v) is 2.17. The average molecular weight is 245 g/mol. The molecule has 0 bridgehead atoms. The highest BCUT2D eigenvalue weighted by atomic mass is 16.4. The van der Waals surface area contributed by atoms with Gasteiger partial charge in [-0.25, -0.2) is 10.2 Å². The molecule has 0 fully saturated rings. The summed E-state index contributed by atoms with van der Waals surface area (Å²) in [7, 11) is 0. The lowest BCUT2D eigenvalue weighted by Gasteiger charge is -2.13. The predicted molar refractivity (Wildman–Crippen MR) is 65.7 cm³/mol. The monoisotopic (exact) mass is 245 g/mol. The molecule has 6 nitrogen and oxygen atoms in total. The summed E-state index contributed by atoms with van der Waals surface area (Å²) in [6.45, 7) is 3.52. The average Bonchev–Trinajstić information content (AvgIpc) is 2.28. The van der Waals surface area contributed by atoms with Crippen LogP contribution in [0, 0.1) is 5.41 Å². The molecule has 0 aromatic heterocycles. The molecule has 0 aliphatic rings. The maximum Gasteiger partial charge on any atom is 0.320 e. The Balaban J connectivity index is 0. The molecule has 0 rings (SSSR count). The first-order valence-corrected chi connectivity index (χ1v) is 5.84. The molecule has 0 radical (unpaired) electrons. The molecule has 0 saturated heterocycles. The minimum atomic E-state index is -0.752. The number of nitrogens with two attached hydrogens (primary N) is 1. The van der Waals surface area contributed by atoms with Crippen LogP contribution in [-0.2, 0) is 9.59 Å². The van der Waals surface area contributed by atoms with Crippen molar-refractivity contribution in [1.29, 1.82) is 5.41 Å². The second-order valence-electron chi connectivity index (χ2n) is 3.59. The van der Waals surface area contributed by atoms with E-state index in [0.717, 1.165) is 38.3 Å². The maximum absolute atomic E-state index is 10.8. The number of aliphatic carboxylic acids is 1. The zero-order valence-electron chi connectivity index (χ0n) is 10.4. The van der Waals surface area contributed by atoms with Crippen molar-refractivity contribution in [2.24, 2.45) is 5.73 Å². The fourth-order valence-corrected chi connectivity index (χ4v) is 1.26. The van der Waals surface area contributed by atoms with Gasteiger partial charge in [0.1, 0.15) is 6.04 Å². The van der Waals surface area contributed by atoms with Crippen LogP contribution >= 0.6 is 0 Å². The van der Waals surface area contributed by atoms with Gasteiger partial charge in [0.25, 0.3) is 0 Å². The Morgan fingerprint density at radius 3 is 2.47 bits per heavy atom. The minimum absolute atomic E-state index is 0.395. The summed E-state index contributed by atoms with van der Waals surface area (Å²) in [6, 6.07) is -0.395. The number of hydrogen-bond acceptors (Lipinski definition) is 5. The number of carbonyl (C=O) groups excluding carboxylic acids is 1. The predicted octanol–water partition coefficient (Wildman–Crippen LogP) is 0.859. The van der Waals surface area contributed by atoms with Gasteiger partial charge in [0.2, 0.25) is 6.08 Å². The van der Waals surface area contributed by atoms with Gasteiger partial charge in [0.05, 0.1) is 0 Å². The van der Waals surface area contributed by atoms with Gasteiger partial charge in [0.15, 0.2) is 0 Å². The third kappa shape index (κ3) is 14.8. The first kappa shape index (κ1) is 18.1. The van der Waals surface area contributed by atoms with E-state index in [-0.39, 0.29) is 0 Å². The van der Waals surface area contributed by atoms with Crippen molar-refractivity contribution >= 4 is 12.0 Å². The second kappa shape index (κ2) is 14.8. The quantitative estimate of drug-likeness (QED) is 0.273. The molecule has 0 heterocycles. The number of rotatable bonds is 9. The molecule has 0 spiro atoms. The van der Waals surface area contributed by atoms with Crippen LogP contribution < -0.4 is 11.1 Å². The van der Waals surface area contributed by atoms with Gasteiger partial charge in [-0.3, -0.25) is 4.79 Å². The van der Waals surface area contributed by atoms with E-state index in [9.17, 15) is 4.79 Å². The molecule has 6 heteroatoms. The SMILES string of the molecule is CCCCNC(CCCCN)C(=O)O.N=C=O. The number of unbranched alkanes of at least 4 members (excludes halogenated alkanes) is 2. The molecule has 17 heavy (non-hydrogen) atoms. The maximum atomic E-state index is 10.8. The summed E-state index contributed by atoms with van der Waals surface area (Å²) in [5, 5.41) is 17.3. The molecule has 1 unspecified atom stereocenters. The van der Waals surface area contributed by atoms with E-state index in [1.54, 1.807) is 0 Å². The van der Waals surface area contributed by atoms with Crippen LogP contribution in [0.5, 0.6) is 0 Å². The topological polar surface area (TPSA) is 116 Å². The van der Waals surface area contributed by atoms with E-state index < -0.39 is 12.0 Å². The van der Waals surface area contributed by atoms with Crippen molar-refractivity contribution in [3.8, 4) is 0 Å². The standard InChI is InChI=1S/C10H22N2O2.CHNO/c1-2-3-8-12-9(10(13)14)6-4-5-7-11;2-1-3/h9,12H,2-8,11H2,1H3,(H,13,14);2H. The van der Waals surface area contributed by atoms with Crippen LogP contribution in [0.25, 0.3) is 0 Å². The molecular weight excluding hydrogens is 222 g/mol. The van der Waals surface area contributed by atoms with Crippen LogP contribution in [0.15, 0.2) is 0 Å². The van der Waals surface area contributed by atoms with E-state index in [1.807, 2.05) is 0 Å². The molecule has 0 aromatic rings. The van der Waals surface area contributed by atoms with Crippen LogP contribution in [0.4, 0.5) is 0 Å². The van der Waals surface area contributed by atoms with Crippen LogP contribution in [-0.4, -0.2) is 36.3 Å².